The van der Waals surface area contributed by atoms with E-state index in [1.54, 1.807) is 0 Å². The number of carboxylic acids is 1. The highest BCUT2D eigenvalue weighted by Gasteiger charge is 2.24. The van der Waals surface area contributed by atoms with E-state index in [-0.39, 0.29) is 18.6 Å². The Bertz CT molecular complexity index is 355. The van der Waals surface area contributed by atoms with Crippen molar-refractivity contribution < 1.29 is 23.2 Å². The van der Waals surface area contributed by atoms with Gasteiger partial charge < -0.3 is 14.8 Å². The van der Waals surface area contributed by atoms with Crippen LogP contribution in [0.5, 0.6) is 0 Å². The Labute approximate surface area is 102 Å². The van der Waals surface area contributed by atoms with Crippen molar-refractivity contribution in [3.8, 4) is 0 Å². The summed E-state index contributed by atoms with van der Waals surface area (Å²) < 4.78 is 25.3. The first-order chi connectivity index (χ1) is 7.92. The van der Waals surface area contributed by atoms with Crippen molar-refractivity contribution >= 4 is 16.0 Å². The number of likely N-dealkylation sites (N-methyl/N-ethyl adjacent to an activating group) is 1. The van der Waals surface area contributed by atoms with Gasteiger partial charge in [-0.3, -0.25) is 0 Å². The molecule has 0 bridgehead atoms. The van der Waals surface area contributed by atoms with Crippen molar-refractivity contribution in [3.05, 3.63) is 0 Å². The molecule has 0 radical (unpaired) electrons. The summed E-state index contributed by atoms with van der Waals surface area (Å²) in [5.74, 6) is -1.29. The van der Waals surface area contributed by atoms with Crippen LogP contribution >= 0.6 is 0 Å². The summed E-state index contributed by atoms with van der Waals surface area (Å²) in [6, 6.07) is 0. The summed E-state index contributed by atoms with van der Waals surface area (Å²) in [4.78, 5) is 11.6. The minimum Gasteiger partial charge on any atom is -0.550 e. The van der Waals surface area contributed by atoms with E-state index in [9.17, 15) is 18.3 Å². The molecule has 1 N–H and O–H groups in total. The molecule has 7 heteroatoms. The normalized spacial score (nSPS) is 23.2. The summed E-state index contributed by atoms with van der Waals surface area (Å²) >= 11 is 0. The van der Waals surface area contributed by atoms with Gasteiger partial charge in [-0.15, -0.1) is 0 Å². The maximum Gasteiger partial charge on any atom is 0.214 e. The second kappa shape index (κ2) is 6.32. The molecule has 0 saturated carbocycles. The fourth-order valence-corrected chi connectivity index (χ4v) is 3.46. The molecule has 1 unspecified atom stereocenters. The third-order valence-corrected chi connectivity index (χ3v) is 4.93. The molecule has 0 aromatic heterocycles. The molecule has 1 aliphatic rings. The van der Waals surface area contributed by atoms with E-state index in [1.807, 2.05) is 7.05 Å². The Morgan fingerprint density at radius 1 is 1.35 bits per heavy atom. The standard InChI is InChI=1S/C10H20N2O4S/c1-11-5-3-6-12(8-7-11)17(15,16)9-2-4-10(13)14/h2-9H2,1H3,(H,13,14). The number of carbonyl (C=O) groups excluding carboxylic acids is 1. The summed E-state index contributed by atoms with van der Waals surface area (Å²) in [5, 5.41) is 10.2. The SMILES string of the molecule is C[NH+]1CCCN(S(=O)(=O)CCCC(=O)[O-])CC1. The second-order valence-corrected chi connectivity index (χ2v) is 6.59. The van der Waals surface area contributed by atoms with Gasteiger partial charge in [0.1, 0.15) is 0 Å². The number of nitrogens with zero attached hydrogens (tertiary/aromatic N) is 1. The van der Waals surface area contributed by atoms with Crippen LogP contribution in [0.2, 0.25) is 0 Å². The van der Waals surface area contributed by atoms with E-state index in [0.29, 0.717) is 13.1 Å². The van der Waals surface area contributed by atoms with Gasteiger partial charge in [0.05, 0.1) is 32.4 Å². The molecule has 1 rings (SSSR count). The lowest BCUT2D eigenvalue weighted by atomic mass is 10.3. The molecular weight excluding hydrogens is 244 g/mol. The first-order valence-corrected chi connectivity index (χ1v) is 7.52. The molecule has 1 heterocycles. The van der Waals surface area contributed by atoms with Gasteiger partial charge >= 0.3 is 0 Å². The van der Waals surface area contributed by atoms with E-state index in [0.717, 1.165) is 19.5 Å². The van der Waals surface area contributed by atoms with E-state index in [4.69, 9.17) is 0 Å². The van der Waals surface area contributed by atoms with E-state index in [2.05, 4.69) is 0 Å². The minimum absolute atomic E-state index is 0.0972. The summed E-state index contributed by atoms with van der Waals surface area (Å²) in [5.41, 5.74) is 0. The van der Waals surface area contributed by atoms with Gasteiger partial charge in [0, 0.05) is 18.9 Å². The molecule has 1 atom stereocenters. The van der Waals surface area contributed by atoms with Crippen molar-refractivity contribution in [3.63, 3.8) is 0 Å². The fraction of sp³-hybridized carbons (Fsp3) is 0.900. The number of carbonyl (C=O) groups is 1. The van der Waals surface area contributed by atoms with Crippen LogP contribution < -0.4 is 10.0 Å². The van der Waals surface area contributed by atoms with Crippen LogP contribution in [0.3, 0.4) is 0 Å². The maximum absolute atomic E-state index is 11.9. The van der Waals surface area contributed by atoms with Crippen LogP contribution in [-0.4, -0.2) is 57.7 Å². The van der Waals surface area contributed by atoms with Gasteiger partial charge in [-0.05, 0) is 12.8 Å². The predicted molar refractivity (Wildman–Crippen MR) is 60.8 cm³/mol. The number of aliphatic carboxylic acids is 1. The van der Waals surface area contributed by atoms with Crippen LogP contribution in [0.4, 0.5) is 0 Å². The maximum atomic E-state index is 11.9. The Kier molecular flexibility index (Phi) is 5.35. The molecular formula is C10H20N2O4S. The van der Waals surface area contributed by atoms with Crippen molar-refractivity contribution in [1.29, 1.82) is 0 Å². The molecule has 0 aromatic carbocycles. The highest BCUT2D eigenvalue weighted by Crippen LogP contribution is 2.06. The van der Waals surface area contributed by atoms with Crippen molar-refractivity contribution in [1.82, 2.24) is 4.31 Å². The predicted octanol–water partition coefficient (Wildman–Crippen LogP) is -2.93. The topological polar surface area (TPSA) is 82.0 Å². The van der Waals surface area contributed by atoms with Gasteiger partial charge in [-0.25, -0.2) is 8.42 Å². The monoisotopic (exact) mass is 264 g/mol. The highest BCUT2D eigenvalue weighted by molar-refractivity contribution is 7.89. The Hall–Kier alpha value is -0.660. The van der Waals surface area contributed by atoms with Crippen LogP contribution in [0, 0.1) is 0 Å². The lowest BCUT2D eigenvalue weighted by Crippen LogP contribution is -3.09. The molecule has 0 aliphatic carbocycles. The molecule has 17 heavy (non-hydrogen) atoms. The summed E-state index contributed by atoms with van der Waals surface area (Å²) in [7, 11) is -1.25. The van der Waals surface area contributed by atoms with Crippen LogP contribution in [0.15, 0.2) is 0 Å². The lowest BCUT2D eigenvalue weighted by Gasteiger charge is -2.19. The number of hydrogen-bond acceptors (Lipinski definition) is 4. The number of hydrogen-bond donors (Lipinski definition) is 1. The molecule has 0 aromatic rings. The first-order valence-electron chi connectivity index (χ1n) is 5.91. The van der Waals surface area contributed by atoms with Gasteiger partial charge in [0.15, 0.2) is 0 Å². The number of rotatable bonds is 5. The molecule has 6 nitrogen and oxygen atoms in total. The van der Waals surface area contributed by atoms with Crippen LogP contribution in [0.1, 0.15) is 19.3 Å². The summed E-state index contributed by atoms with van der Waals surface area (Å²) in [6.07, 6.45) is 0.785. The zero-order valence-corrected chi connectivity index (χ0v) is 11.0. The van der Waals surface area contributed by atoms with Crippen molar-refractivity contribution in [2.45, 2.75) is 19.3 Å². The van der Waals surface area contributed by atoms with E-state index < -0.39 is 16.0 Å². The fourth-order valence-electron chi connectivity index (χ4n) is 1.92. The molecule has 1 saturated heterocycles. The molecule has 1 fully saturated rings. The lowest BCUT2D eigenvalue weighted by molar-refractivity contribution is -0.877. The first kappa shape index (κ1) is 14.4. The zero-order chi connectivity index (χ0) is 12.9. The smallest absolute Gasteiger partial charge is 0.214 e. The second-order valence-electron chi connectivity index (χ2n) is 4.50. The van der Waals surface area contributed by atoms with Gasteiger partial charge in [-0.2, -0.15) is 4.31 Å². The Morgan fingerprint density at radius 2 is 2.06 bits per heavy atom. The van der Waals surface area contributed by atoms with Crippen molar-refractivity contribution in [2.75, 3.05) is 39.0 Å². The number of sulfonamides is 1. The Balaban J connectivity index is 2.48. The van der Waals surface area contributed by atoms with Crippen molar-refractivity contribution in [2.24, 2.45) is 0 Å². The zero-order valence-electron chi connectivity index (χ0n) is 10.1. The molecule has 0 spiro atoms. The number of quaternary nitrogens is 1. The minimum atomic E-state index is -3.30. The van der Waals surface area contributed by atoms with Crippen LogP contribution in [-0.2, 0) is 14.8 Å². The van der Waals surface area contributed by atoms with E-state index in [1.165, 1.54) is 9.21 Å². The van der Waals surface area contributed by atoms with Crippen LogP contribution in [0.25, 0.3) is 0 Å². The summed E-state index contributed by atoms with van der Waals surface area (Å²) in [6.45, 7) is 2.86. The quantitative estimate of drug-likeness (QED) is 0.576. The molecule has 100 valence electrons. The Morgan fingerprint density at radius 3 is 2.71 bits per heavy atom. The third-order valence-electron chi connectivity index (χ3n) is 2.98. The van der Waals surface area contributed by atoms with E-state index >= 15 is 0 Å². The molecule has 0 amide bonds. The highest BCUT2D eigenvalue weighted by atomic mass is 32.2. The molecule has 1 aliphatic heterocycles. The van der Waals surface area contributed by atoms with Gasteiger partial charge in [0.25, 0.3) is 0 Å². The average molecular weight is 264 g/mol. The van der Waals surface area contributed by atoms with Gasteiger partial charge in [0.2, 0.25) is 10.0 Å². The number of nitrogens with one attached hydrogen (secondary N) is 1. The van der Waals surface area contributed by atoms with Gasteiger partial charge in [-0.1, -0.05) is 0 Å². The largest absolute Gasteiger partial charge is 0.550 e. The average Bonchev–Trinajstić information content (AvgIpc) is 2.42. The number of carboxylic acid groups (broad SMARTS) is 1. The third kappa shape index (κ3) is 5.01.